The van der Waals surface area contributed by atoms with Gasteiger partial charge in [-0.2, -0.15) is 0 Å². The van der Waals surface area contributed by atoms with Gasteiger partial charge in [0.25, 0.3) is 0 Å². The number of methoxy groups -OCH3 is 3. The molecule has 0 saturated carbocycles. The first-order valence-corrected chi connectivity index (χ1v) is 10.3. The monoisotopic (exact) mass is 424 g/mol. The zero-order chi connectivity index (χ0) is 22.0. The summed E-state index contributed by atoms with van der Waals surface area (Å²) >= 11 is 0. The number of phenols is 2. The van der Waals surface area contributed by atoms with Gasteiger partial charge in [0, 0.05) is 42.7 Å². The van der Waals surface area contributed by atoms with Gasteiger partial charge in [0.2, 0.25) is 5.75 Å². The third-order valence-corrected chi connectivity index (χ3v) is 5.82. The first kappa shape index (κ1) is 20.9. The fraction of sp³-hybridized carbons (Fsp3) is 0.333. The van der Waals surface area contributed by atoms with Crippen molar-refractivity contribution in [1.29, 1.82) is 0 Å². The molecule has 2 aromatic carbocycles. The SMILES string of the molecule is COc1ccc(C2c3cccn3CCCN2Cc2cc(O)ccc2O)c(OC)c1OC. The normalized spacial score (nSPS) is 16.4. The van der Waals surface area contributed by atoms with Crippen LogP contribution in [0.15, 0.2) is 48.7 Å². The number of hydrogen-bond donors (Lipinski definition) is 2. The largest absolute Gasteiger partial charge is 0.508 e. The Morgan fingerprint density at radius 2 is 1.74 bits per heavy atom. The molecule has 0 amide bonds. The molecule has 2 heterocycles. The summed E-state index contributed by atoms with van der Waals surface area (Å²) < 4.78 is 19.2. The summed E-state index contributed by atoms with van der Waals surface area (Å²) in [6.45, 7) is 2.17. The Morgan fingerprint density at radius 3 is 2.48 bits per heavy atom. The zero-order valence-electron chi connectivity index (χ0n) is 18.0. The Morgan fingerprint density at radius 1 is 0.935 bits per heavy atom. The van der Waals surface area contributed by atoms with Gasteiger partial charge in [-0.3, -0.25) is 4.90 Å². The van der Waals surface area contributed by atoms with Gasteiger partial charge in [-0.05, 0) is 48.9 Å². The number of aromatic hydroxyl groups is 2. The molecule has 1 atom stereocenters. The number of ether oxygens (including phenoxy) is 3. The molecule has 0 radical (unpaired) electrons. The van der Waals surface area contributed by atoms with Gasteiger partial charge in [0.1, 0.15) is 11.5 Å². The summed E-state index contributed by atoms with van der Waals surface area (Å²) in [6, 6.07) is 12.5. The lowest BCUT2D eigenvalue weighted by atomic mass is 9.98. The average molecular weight is 424 g/mol. The van der Waals surface area contributed by atoms with Gasteiger partial charge in [-0.15, -0.1) is 0 Å². The lowest BCUT2D eigenvalue weighted by Crippen LogP contribution is -2.30. The number of aromatic nitrogens is 1. The predicted molar refractivity (Wildman–Crippen MR) is 117 cm³/mol. The van der Waals surface area contributed by atoms with E-state index in [4.69, 9.17) is 14.2 Å². The van der Waals surface area contributed by atoms with E-state index in [2.05, 4.69) is 21.7 Å². The second-order valence-electron chi connectivity index (χ2n) is 7.59. The van der Waals surface area contributed by atoms with E-state index in [-0.39, 0.29) is 17.5 Å². The van der Waals surface area contributed by atoms with Crippen molar-refractivity contribution < 1.29 is 24.4 Å². The minimum absolute atomic E-state index is 0.131. The van der Waals surface area contributed by atoms with E-state index >= 15 is 0 Å². The maximum atomic E-state index is 10.4. The molecule has 7 heteroatoms. The number of benzene rings is 2. The number of aryl methyl sites for hydroxylation is 1. The molecular formula is C24H28N2O5. The van der Waals surface area contributed by atoms with E-state index < -0.39 is 0 Å². The van der Waals surface area contributed by atoms with Crippen LogP contribution in [0.1, 0.15) is 29.3 Å². The fourth-order valence-corrected chi connectivity index (χ4v) is 4.42. The lowest BCUT2D eigenvalue weighted by molar-refractivity contribution is 0.212. The van der Waals surface area contributed by atoms with Crippen LogP contribution in [0.4, 0.5) is 0 Å². The van der Waals surface area contributed by atoms with Crippen LogP contribution in [-0.2, 0) is 13.1 Å². The molecular weight excluding hydrogens is 396 g/mol. The highest BCUT2D eigenvalue weighted by Crippen LogP contribution is 2.46. The fourth-order valence-electron chi connectivity index (χ4n) is 4.42. The van der Waals surface area contributed by atoms with Gasteiger partial charge >= 0.3 is 0 Å². The van der Waals surface area contributed by atoms with Crippen molar-refractivity contribution >= 4 is 0 Å². The smallest absolute Gasteiger partial charge is 0.203 e. The van der Waals surface area contributed by atoms with E-state index in [9.17, 15) is 10.2 Å². The van der Waals surface area contributed by atoms with E-state index in [1.165, 1.54) is 12.1 Å². The molecule has 164 valence electrons. The summed E-state index contributed by atoms with van der Waals surface area (Å²) in [4.78, 5) is 2.29. The second-order valence-corrected chi connectivity index (χ2v) is 7.59. The Bertz CT molecular complexity index is 1060. The molecule has 1 unspecified atom stereocenters. The molecule has 0 spiro atoms. The molecule has 1 aliphatic heterocycles. The zero-order valence-corrected chi connectivity index (χ0v) is 18.0. The summed E-state index contributed by atoms with van der Waals surface area (Å²) in [5.41, 5.74) is 2.74. The second kappa shape index (κ2) is 8.81. The first-order valence-electron chi connectivity index (χ1n) is 10.3. The van der Waals surface area contributed by atoms with Gasteiger partial charge in [-0.25, -0.2) is 0 Å². The number of phenolic OH excluding ortho intramolecular Hbond substituents is 2. The molecule has 2 N–H and O–H groups in total. The van der Waals surface area contributed by atoms with Gasteiger partial charge in [0.15, 0.2) is 11.5 Å². The Hall–Kier alpha value is -3.32. The third kappa shape index (κ3) is 3.88. The Kier molecular flexibility index (Phi) is 5.95. The molecule has 1 aliphatic rings. The van der Waals surface area contributed by atoms with Gasteiger partial charge < -0.3 is 29.0 Å². The van der Waals surface area contributed by atoms with Crippen molar-refractivity contribution in [2.24, 2.45) is 0 Å². The molecule has 0 bridgehead atoms. The lowest BCUT2D eigenvalue weighted by Gasteiger charge is -2.32. The number of fused-ring (bicyclic) bond motifs is 1. The van der Waals surface area contributed by atoms with E-state index in [0.717, 1.165) is 30.8 Å². The van der Waals surface area contributed by atoms with Gasteiger partial charge in [-0.1, -0.05) is 0 Å². The van der Waals surface area contributed by atoms with Crippen molar-refractivity contribution in [2.45, 2.75) is 25.6 Å². The van der Waals surface area contributed by atoms with Crippen molar-refractivity contribution in [3.63, 3.8) is 0 Å². The Labute approximate surface area is 182 Å². The maximum absolute atomic E-state index is 10.4. The molecule has 7 nitrogen and oxygen atoms in total. The van der Waals surface area contributed by atoms with E-state index in [1.807, 2.05) is 18.2 Å². The standard InChI is InChI=1S/C24H28N2O5/c1-29-21-10-8-18(23(30-2)24(21)31-3)22-19-6-4-11-25(19)12-5-13-26(22)15-16-14-17(27)7-9-20(16)28/h4,6-11,14,22,27-28H,5,12-13,15H2,1-3H3. The molecule has 31 heavy (non-hydrogen) atoms. The molecule has 3 aromatic rings. The van der Waals surface area contributed by atoms with Crippen molar-refractivity contribution in [3.05, 3.63) is 65.5 Å². The maximum Gasteiger partial charge on any atom is 0.203 e. The van der Waals surface area contributed by atoms with Crippen LogP contribution in [0.2, 0.25) is 0 Å². The highest BCUT2D eigenvalue weighted by molar-refractivity contribution is 5.58. The van der Waals surface area contributed by atoms with Crippen LogP contribution < -0.4 is 14.2 Å². The minimum Gasteiger partial charge on any atom is -0.508 e. The molecule has 1 aromatic heterocycles. The summed E-state index contributed by atoms with van der Waals surface area (Å²) in [7, 11) is 4.83. The van der Waals surface area contributed by atoms with Crippen LogP contribution in [-0.4, -0.2) is 47.6 Å². The van der Waals surface area contributed by atoms with Crippen LogP contribution in [0.3, 0.4) is 0 Å². The average Bonchev–Trinajstić information content (AvgIpc) is 3.16. The molecule has 4 rings (SSSR count). The summed E-state index contributed by atoms with van der Waals surface area (Å²) in [6.07, 6.45) is 3.04. The van der Waals surface area contributed by atoms with Crippen LogP contribution in [0.5, 0.6) is 28.7 Å². The van der Waals surface area contributed by atoms with Crippen LogP contribution in [0, 0.1) is 0 Å². The highest BCUT2D eigenvalue weighted by atomic mass is 16.5. The summed E-state index contributed by atoms with van der Waals surface area (Å²) in [5, 5.41) is 20.3. The minimum atomic E-state index is -0.144. The van der Waals surface area contributed by atoms with Crippen molar-refractivity contribution in [1.82, 2.24) is 9.47 Å². The van der Waals surface area contributed by atoms with E-state index in [1.54, 1.807) is 27.4 Å². The number of nitrogens with zero attached hydrogens (tertiary/aromatic N) is 2. The van der Waals surface area contributed by atoms with Gasteiger partial charge in [0.05, 0.1) is 27.4 Å². The first-order chi connectivity index (χ1) is 15.1. The third-order valence-electron chi connectivity index (χ3n) is 5.82. The van der Waals surface area contributed by atoms with E-state index in [0.29, 0.717) is 29.4 Å². The number of hydrogen-bond acceptors (Lipinski definition) is 6. The van der Waals surface area contributed by atoms with Crippen molar-refractivity contribution in [2.75, 3.05) is 27.9 Å². The molecule has 0 aliphatic carbocycles. The quantitative estimate of drug-likeness (QED) is 0.584. The topological polar surface area (TPSA) is 76.3 Å². The Balaban J connectivity index is 1.86. The van der Waals surface area contributed by atoms with Crippen LogP contribution >= 0.6 is 0 Å². The number of rotatable bonds is 6. The van der Waals surface area contributed by atoms with Crippen LogP contribution in [0.25, 0.3) is 0 Å². The molecule has 0 saturated heterocycles. The highest BCUT2D eigenvalue weighted by Gasteiger charge is 2.32. The van der Waals surface area contributed by atoms with Crippen molar-refractivity contribution in [3.8, 4) is 28.7 Å². The summed E-state index contributed by atoms with van der Waals surface area (Å²) in [5.74, 6) is 2.06. The molecule has 0 fully saturated rings. The predicted octanol–water partition coefficient (Wildman–Crippen LogP) is 3.92.